The van der Waals surface area contributed by atoms with Crippen LogP contribution in [0, 0.1) is 0 Å². The number of hydrogen-bond acceptors (Lipinski definition) is 4. The zero-order chi connectivity index (χ0) is 12.0. The highest BCUT2D eigenvalue weighted by Gasteiger charge is 2.09. The predicted octanol–water partition coefficient (Wildman–Crippen LogP) is 1.17. The van der Waals surface area contributed by atoms with Gasteiger partial charge in [-0.3, -0.25) is 4.98 Å². The number of aromatic nitrogens is 1. The van der Waals surface area contributed by atoms with Crippen molar-refractivity contribution in [3.8, 4) is 0 Å². The van der Waals surface area contributed by atoms with Crippen LogP contribution in [0.25, 0.3) is 0 Å². The molecule has 5 heteroatoms. The highest BCUT2D eigenvalue weighted by atomic mass is 32.2. The Morgan fingerprint density at radius 1 is 1.44 bits per heavy atom. The average molecular weight is 242 g/mol. The van der Waals surface area contributed by atoms with Crippen LogP contribution >= 0.6 is 0 Å². The maximum atomic E-state index is 11.3. The van der Waals surface area contributed by atoms with Crippen LogP contribution in [0.5, 0.6) is 0 Å². The molecule has 0 radical (unpaired) electrons. The minimum Gasteiger partial charge on any atom is -0.308 e. The molecule has 1 aromatic heterocycles. The molecule has 0 bridgehead atoms. The maximum Gasteiger partial charge on any atom is 0.151 e. The third-order valence-corrected chi connectivity index (χ3v) is 4.14. The van der Waals surface area contributed by atoms with Crippen molar-refractivity contribution >= 4 is 9.84 Å². The second-order valence-electron chi connectivity index (χ2n) is 3.67. The second-order valence-corrected chi connectivity index (χ2v) is 6.14. The van der Waals surface area contributed by atoms with Gasteiger partial charge in [0, 0.05) is 24.5 Å². The number of rotatable bonds is 6. The lowest BCUT2D eigenvalue weighted by Gasteiger charge is -2.12. The molecule has 1 N–H and O–H groups in total. The highest BCUT2D eigenvalue weighted by Crippen LogP contribution is 2.07. The van der Waals surface area contributed by atoms with Gasteiger partial charge >= 0.3 is 0 Å². The van der Waals surface area contributed by atoms with Crippen molar-refractivity contribution in [2.24, 2.45) is 0 Å². The van der Waals surface area contributed by atoms with E-state index in [2.05, 4.69) is 10.3 Å². The van der Waals surface area contributed by atoms with Crippen LogP contribution in [0.3, 0.4) is 0 Å². The Morgan fingerprint density at radius 2 is 2.19 bits per heavy atom. The molecule has 1 heterocycles. The SMILES string of the molecule is CCS(=O)(=O)CCN[C@H](C)c1ccccn1. The molecule has 0 unspecified atom stereocenters. The smallest absolute Gasteiger partial charge is 0.151 e. The summed E-state index contributed by atoms with van der Waals surface area (Å²) in [4.78, 5) is 4.20. The molecular formula is C11H18N2O2S. The fraction of sp³-hybridized carbons (Fsp3) is 0.545. The van der Waals surface area contributed by atoms with Gasteiger partial charge in [0.1, 0.15) is 0 Å². The quantitative estimate of drug-likeness (QED) is 0.813. The molecule has 0 aromatic carbocycles. The molecule has 0 saturated heterocycles. The largest absolute Gasteiger partial charge is 0.308 e. The maximum absolute atomic E-state index is 11.3. The minimum absolute atomic E-state index is 0.0771. The van der Waals surface area contributed by atoms with E-state index < -0.39 is 9.84 Å². The van der Waals surface area contributed by atoms with E-state index in [0.717, 1.165) is 5.69 Å². The standard InChI is InChI=1S/C11H18N2O2S/c1-3-16(14,15)9-8-12-10(2)11-6-4-5-7-13-11/h4-7,10,12H,3,8-9H2,1-2H3/t10-/m1/s1. The van der Waals surface area contributed by atoms with E-state index in [1.807, 2.05) is 25.1 Å². The molecule has 0 aliphatic carbocycles. The van der Waals surface area contributed by atoms with Crippen LogP contribution in [-0.2, 0) is 9.84 Å². The van der Waals surface area contributed by atoms with Gasteiger partial charge in [0.15, 0.2) is 9.84 Å². The first-order valence-corrected chi connectivity index (χ1v) is 7.22. The topological polar surface area (TPSA) is 59.1 Å². The molecular weight excluding hydrogens is 224 g/mol. The number of pyridine rings is 1. The Hall–Kier alpha value is -0.940. The molecule has 0 aliphatic rings. The van der Waals surface area contributed by atoms with E-state index in [1.165, 1.54) is 0 Å². The average Bonchev–Trinajstić information content (AvgIpc) is 2.30. The van der Waals surface area contributed by atoms with Crippen molar-refractivity contribution in [3.05, 3.63) is 30.1 Å². The zero-order valence-corrected chi connectivity index (χ0v) is 10.5. The molecule has 90 valence electrons. The fourth-order valence-corrected chi connectivity index (χ4v) is 2.03. The summed E-state index contributed by atoms with van der Waals surface area (Å²) in [6, 6.07) is 5.78. The van der Waals surface area contributed by atoms with Crippen molar-refractivity contribution in [3.63, 3.8) is 0 Å². The third kappa shape index (κ3) is 4.28. The Bertz CT molecular complexity index is 403. The van der Waals surface area contributed by atoms with Gasteiger partial charge in [-0.25, -0.2) is 8.42 Å². The Morgan fingerprint density at radius 3 is 2.75 bits per heavy atom. The summed E-state index contributed by atoms with van der Waals surface area (Å²) in [6.07, 6.45) is 1.73. The van der Waals surface area contributed by atoms with Crippen molar-refractivity contribution in [1.29, 1.82) is 0 Å². The van der Waals surface area contributed by atoms with Gasteiger partial charge in [0.2, 0.25) is 0 Å². The summed E-state index contributed by atoms with van der Waals surface area (Å²) in [5.41, 5.74) is 0.927. The van der Waals surface area contributed by atoms with Crippen LogP contribution in [0.1, 0.15) is 25.6 Å². The number of hydrogen-bond donors (Lipinski definition) is 1. The molecule has 0 amide bonds. The molecule has 16 heavy (non-hydrogen) atoms. The van der Waals surface area contributed by atoms with Crippen LogP contribution < -0.4 is 5.32 Å². The highest BCUT2D eigenvalue weighted by molar-refractivity contribution is 7.91. The molecule has 1 atom stereocenters. The fourth-order valence-electron chi connectivity index (χ4n) is 1.31. The van der Waals surface area contributed by atoms with Gasteiger partial charge in [0.25, 0.3) is 0 Å². The third-order valence-electron chi connectivity index (χ3n) is 2.43. The van der Waals surface area contributed by atoms with E-state index in [-0.39, 0.29) is 17.5 Å². The van der Waals surface area contributed by atoms with E-state index in [9.17, 15) is 8.42 Å². The van der Waals surface area contributed by atoms with E-state index in [1.54, 1.807) is 13.1 Å². The number of sulfone groups is 1. The van der Waals surface area contributed by atoms with Crippen LogP contribution in [-0.4, -0.2) is 31.5 Å². The Kier molecular flexibility index (Phi) is 4.89. The molecule has 1 rings (SSSR count). The van der Waals surface area contributed by atoms with Crippen LogP contribution in [0.2, 0.25) is 0 Å². The van der Waals surface area contributed by atoms with Crippen molar-refractivity contribution < 1.29 is 8.42 Å². The summed E-state index contributed by atoms with van der Waals surface area (Å²) in [5.74, 6) is 0.382. The van der Waals surface area contributed by atoms with Crippen LogP contribution in [0.15, 0.2) is 24.4 Å². The summed E-state index contributed by atoms with van der Waals surface area (Å²) >= 11 is 0. The lowest BCUT2D eigenvalue weighted by Crippen LogP contribution is -2.26. The normalized spacial score (nSPS) is 13.6. The molecule has 0 spiro atoms. The predicted molar refractivity (Wildman–Crippen MR) is 65.0 cm³/mol. The van der Waals surface area contributed by atoms with Gasteiger partial charge in [-0.05, 0) is 19.1 Å². The van der Waals surface area contributed by atoms with Crippen molar-refractivity contribution in [2.75, 3.05) is 18.1 Å². The minimum atomic E-state index is -2.88. The first kappa shape index (κ1) is 13.1. The van der Waals surface area contributed by atoms with Gasteiger partial charge in [-0.2, -0.15) is 0 Å². The lowest BCUT2D eigenvalue weighted by molar-refractivity contribution is 0.566. The molecule has 0 saturated carbocycles. The molecule has 0 aliphatic heterocycles. The molecule has 1 aromatic rings. The van der Waals surface area contributed by atoms with Gasteiger partial charge in [-0.15, -0.1) is 0 Å². The van der Waals surface area contributed by atoms with Crippen molar-refractivity contribution in [2.45, 2.75) is 19.9 Å². The lowest BCUT2D eigenvalue weighted by atomic mass is 10.2. The first-order chi connectivity index (χ1) is 7.55. The van der Waals surface area contributed by atoms with Gasteiger partial charge in [-0.1, -0.05) is 13.0 Å². The molecule has 0 fully saturated rings. The Balaban J connectivity index is 2.40. The van der Waals surface area contributed by atoms with E-state index >= 15 is 0 Å². The summed E-state index contributed by atoms with van der Waals surface area (Å²) < 4.78 is 22.5. The van der Waals surface area contributed by atoms with Crippen LogP contribution in [0.4, 0.5) is 0 Å². The van der Waals surface area contributed by atoms with E-state index in [0.29, 0.717) is 6.54 Å². The van der Waals surface area contributed by atoms with Gasteiger partial charge in [0.05, 0.1) is 11.4 Å². The van der Waals surface area contributed by atoms with Gasteiger partial charge < -0.3 is 5.32 Å². The second kappa shape index (κ2) is 5.96. The van der Waals surface area contributed by atoms with Crippen molar-refractivity contribution in [1.82, 2.24) is 10.3 Å². The number of nitrogens with one attached hydrogen (secondary N) is 1. The van der Waals surface area contributed by atoms with E-state index in [4.69, 9.17) is 0 Å². The molecule has 4 nitrogen and oxygen atoms in total. The summed E-state index contributed by atoms with van der Waals surface area (Å²) in [6.45, 7) is 4.10. The summed E-state index contributed by atoms with van der Waals surface area (Å²) in [5, 5.41) is 3.15. The monoisotopic (exact) mass is 242 g/mol. The zero-order valence-electron chi connectivity index (χ0n) is 9.68. The number of nitrogens with zero attached hydrogens (tertiary/aromatic N) is 1. The Labute approximate surface area is 97.0 Å². The summed E-state index contributed by atoms with van der Waals surface area (Å²) in [7, 11) is -2.88. The first-order valence-electron chi connectivity index (χ1n) is 5.40.